The van der Waals surface area contributed by atoms with E-state index in [9.17, 15) is 13.2 Å². The van der Waals surface area contributed by atoms with E-state index in [1.807, 2.05) is 0 Å². The van der Waals surface area contributed by atoms with Crippen LogP contribution in [0.1, 0.15) is 19.3 Å². The molecule has 1 saturated heterocycles. The number of rotatable bonds is 4. The van der Waals surface area contributed by atoms with E-state index in [1.54, 1.807) is 4.90 Å². The Bertz CT molecular complexity index is 342. The van der Waals surface area contributed by atoms with E-state index in [0.29, 0.717) is 26.1 Å². The van der Waals surface area contributed by atoms with Gasteiger partial charge in [-0.2, -0.15) is 0 Å². The van der Waals surface area contributed by atoms with E-state index < -0.39 is 10.0 Å². The zero-order chi connectivity index (χ0) is 12.2. The summed E-state index contributed by atoms with van der Waals surface area (Å²) in [6.45, 7) is 1.48. The number of carbonyl (C=O) groups excluding carboxylic acids is 1. The molecule has 1 aliphatic rings. The molecule has 7 heteroatoms. The lowest BCUT2D eigenvalue weighted by atomic mass is 10.1. The molecule has 1 unspecified atom stereocenters. The molecule has 0 spiro atoms. The average molecular weight is 249 g/mol. The van der Waals surface area contributed by atoms with Crippen LogP contribution in [0.3, 0.4) is 0 Å². The van der Waals surface area contributed by atoms with E-state index in [4.69, 9.17) is 5.73 Å². The topological polar surface area (TPSA) is 92.5 Å². The third-order valence-electron chi connectivity index (χ3n) is 2.51. The van der Waals surface area contributed by atoms with Crippen LogP contribution >= 0.6 is 0 Å². The van der Waals surface area contributed by atoms with Gasteiger partial charge in [0.2, 0.25) is 15.9 Å². The van der Waals surface area contributed by atoms with Gasteiger partial charge < -0.3 is 10.6 Å². The summed E-state index contributed by atoms with van der Waals surface area (Å²) in [5.41, 5.74) is 5.31. The predicted molar refractivity (Wildman–Crippen MR) is 61.3 cm³/mol. The first-order chi connectivity index (χ1) is 7.42. The fourth-order valence-corrected chi connectivity index (χ4v) is 2.68. The van der Waals surface area contributed by atoms with Crippen LogP contribution in [0.25, 0.3) is 0 Å². The molecule has 1 heterocycles. The molecule has 0 aromatic carbocycles. The van der Waals surface area contributed by atoms with Crippen LogP contribution in [0, 0.1) is 0 Å². The molecule has 94 valence electrons. The fraction of sp³-hybridized carbons (Fsp3) is 0.889. The second-order valence-corrected chi connectivity index (χ2v) is 5.89. The Labute approximate surface area is 96.2 Å². The molecule has 1 rings (SSSR count). The van der Waals surface area contributed by atoms with Gasteiger partial charge in [0.05, 0.1) is 6.26 Å². The summed E-state index contributed by atoms with van der Waals surface area (Å²) in [7, 11) is -3.20. The predicted octanol–water partition coefficient (Wildman–Crippen LogP) is -1.12. The van der Waals surface area contributed by atoms with Crippen molar-refractivity contribution in [2.75, 3.05) is 25.9 Å². The lowest BCUT2D eigenvalue weighted by Gasteiger charge is -2.32. The molecule has 1 atom stereocenters. The van der Waals surface area contributed by atoms with E-state index in [1.165, 1.54) is 0 Å². The zero-order valence-corrected chi connectivity index (χ0v) is 10.3. The number of nitrogens with one attached hydrogen (secondary N) is 1. The normalized spacial score (nSPS) is 22.1. The number of amides is 1. The average Bonchev–Trinajstić information content (AvgIpc) is 2.16. The van der Waals surface area contributed by atoms with Crippen LogP contribution in [0.15, 0.2) is 0 Å². The summed E-state index contributed by atoms with van der Waals surface area (Å²) in [5, 5.41) is 0. The van der Waals surface area contributed by atoms with Crippen LogP contribution in [0.4, 0.5) is 0 Å². The first-order valence-corrected chi connectivity index (χ1v) is 7.26. The molecule has 1 amide bonds. The van der Waals surface area contributed by atoms with Gasteiger partial charge in [0.15, 0.2) is 0 Å². The zero-order valence-electron chi connectivity index (χ0n) is 9.48. The van der Waals surface area contributed by atoms with Gasteiger partial charge in [-0.15, -0.1) is 0 Å². The highest BCUT2D eigenvalue weighted by atomic mass is 32.2. The van der Waals surface area contributed by atoms with Gasteiger partial charge in [0.1, 0.15) is 0 Å². The Morgan fingerprint density at radius 3 is 2.81 bits per heavy atom. The Morgan fingerprint density at radius 2 is 2.25 bits per heavy atom. The monoisotopic (exact) mass is 249 g/mol. The van der Waals surface area contributed by atoms with Crippen molar-refractivity contribution in [1.82, 2.24) is 9.62 Å². The summed E-state index contributed by atoms with van der Waals surface area (Å²) in [6, 6.07) is -0.162. The maximum atomic E-state index is 11.6. The van der Waals surface area contributed by atoms with Gasteiger partial charge in [-0.05, 0) is 12.8 Å². The molecule has 0 radical (unpaired) electrons. The number of piperidine rings is 1. The number of nitrogens with zero attached hydrogens (tertiary/aromatic N) is 1. The smallest absolute Gasteiger partial charge is 0.223 e. The standard InChI is InChI=1S/C9H19N3O3S/c1-16(14,15)11-8-3-2-6-12(7-8)9(13)4-5-10/h8,11H,2-7,10H2,1H3. The molecule has 0 aromatic heterocycles. The Balaban J connectivity index is 2.50. The third kappa shape index (κ3) is 4.46. The van der Waals surface area contributed by atoms with E-state index in [-0.39, 0.29) is 11.9 Å². The number of carbonyl (C=O) groups is 1. The molecular weight excluding hydrogens is 230 g/mol. The number of hydrogen-bond donors (Lipinski definition) is 2. The van der Waals surface area contributed by atoms with Crippen molar-refractivity contribution in [3.63, 3.8) is 0 Å². The van der Waals surface area contributed by atoms with Gasteiger partial charge in [0.25, 0.3) is 0 Å². The first kappa shape index (κ1) is 13.4. The Morgan fingerprint density at radius 1 is 1.56 bits per heavy atom. The summed E-state index contributed by atoms with van der Waals surface area (Å²) in [4.78, 5) is 13.3. The largest absolute Gasteiger partial charge is 0.341 e. The molecule has 0 saturated carbocycles. The van der Waals surface area contributed by atoms with E-state index in [2.05, 4.69) is 4.72 Å². The van der Waals surface area contributed by atoms with Crippen LogP contribution in [0.2, 0.25) is 0 Å². The lowest BCUT2D eigenvalue weighted by molar-refractivity contribution is -0.132. The molecular formula is C9H19N3O3S. The second kappa shape index (κ2) is 5.60. The molecule has 6 nitrogen and oxygen atoms in total. The summed E-state index contributed by atoms with van der Waals surface area (Å²) in [6.07, 6.45) is 3.06. The van der Waals surface area contributed by atoms with Crippen molar-refractivity contribution in [1.29, 1.82) is 0 Å². The van der Waals surface area contributed by atoms with E-state index in [0.717, 1.165) is 19.1 Å². The summed E-state index contributed by atoms with van der Waals surface area (Å²) in [5.74, 6) is 0.00232. The van der Waals surface area contributed by atoms with Gasteiger partial charge in [0, 0.05) is 32.1 Å². The van der Waals surface area contributed by atoms with Crippen LogP contribution < -0.4 is 10.5 Å². The molecule has 16 heavy (non-hydrogen) atoms. The van der Waals surface area contributed by atoms with Crippen molar-refractivity contribution < 1.29 is 13.2 Å². The van der Waals surface area contributed by atoms with Crippen LogP contribution in [0.5, 0.6) is 0 Å². The van der Waals surface area contributed by atoms with Gasteiger partial charge >= 0.3 is 0 Å². The molecule has 0 aromatic rings. The lowest BCUT2D eigenvalue weighted by Crippen LogP contribution is -2.49. The number of hydrogen-bond acceptors (Lipinski definition) is 4. The van der Waals surface area contributed by atoms with Crippen molar-refractivity contribution in [2.45, 2.75) is 25.3 Å². The van der Waals surface area contributed by atoms with Crippen LogP contribution in [-0.4, -0.2) is 51.2 Å². The molecule has 3 N–H and O–H groups in total. The Hall–Kier alpha value is -0.660. The number of nitrogens with two attached hydrogens (primary N) is 1. The minimum atomic E-state index is -3.20. The highest BCUT2D eigenvalue weighted by Crippen LogP contribution is 2.11. The quantitative estimate of drug-likeness (QED) is 0.660. The minimum Gasteiger partial charge on any atom is -0.341 e. The number of likely N-dealkylation sites (tertiary alicyclic amines) is 1. The van der Waals surface area contributed by atoms with Gasteiger partial charge in [-0.3, -0.25) is 4.79 Å². The van der Waals surface area contributed by atoms with Crippen molar-refractivity contribution in [2.24, 2.45) is 5.73 Å². The highest BCUT2D eigenvalue weighted by molar-refractivity contribution is 7.88. The molecule has 1 fully saturated rings. The molecule has 0 aliphatic carbocycles. The SMILES string of the molecule is CS(=O)(=O)NC1CCCN(C(=O)CCN)C1. The van der Waals surface area contributed by atoms with Gasteiger partial charge in [-0.1, -0.05) is 0 Å². The number of sulfonamides is 1. The van der Waals surface area contributed by atoms with E-state index >= 15 is 0 Å². The highest BCUT2D eigenvalue weighted by Gasteiger charge is 2.24. The fourth-order valence-electron chi connectivity index (χ4n) is 1.88. The molecule has 0 bridgehead atoms. The second-order valence-electron chi connectivity index (χ2n) is 4.11. The van der Waals surface area contributed by atoms with Crippen LogP contribution in [-0.2, 0) is 14.8 Å². The minimum absolute atomic E-state index is 0.00232. The molecule has 1 aliphatic heterocycles. The van der Waals surface area contributed by atoms with Crippen molar-refractivity contribution >= 4 is 15.9 Å². The van der Waals surface area contributed by atoms with Crippen molar-refractivity contribution in [3.8, 4) is 0 Å². The summed E-state index contributed by atoms with van der Waals surface area (Å²) < 4.78 is 24.7. The van der Waals surface area contributed by atoms with Crippen molar-refractivity contribution in [3.05, 3.63) is 0 Å². The third-order valence-corrected chi connectivity index (χ3v) is 3.27. The maximum Gasteiger partial charge on any atom is 0.223 e. The summed E-state index contributed by atoms with van der Waals surface area (Å²) >= 11 is 0. The van der Waals surface area contributed by atoms with Gasteiger partial charge in [-0.25, -0.2) is 13.1 Å². The first-order valence-electron chi connectivity index (χ1n) is 5.37. The Kier molecular flexibility index (Phi) is 4.69. The maximum absolute atomic E-state index is 11.6.